The Labute approximate surface area is 169 Å². The number of amides is 1. The summed E-state index contributed by atoms with van der Waals surface area (Å²) < 4.78 is 16.0. The van der Waals surface area contributed by atoms with Gasteiger partial charge >= 0.3 is 0 Å². The second-order valence-electron chi connectivity index (χ2n) is 6.40. The standard InChI is InChI=1S/C21H26N2O4S/c1-25-17-12-16(13-18(14-17)26-2)5-6-21(24)22-15-19(20-4-3-11-28-20)23-7-9-27-10-8-23/h3-6,11-14,19H,7-10,15H2,1-2H3,(H,22,24). The molecule has 1 unspecified atom stereocenters. The van der Waals surface area contributed by atoms with Gasteiger partial charge in [-0.15, -0.1) is 11.3 Å². The SMILES string of the molecule is COc1cc(C=CC(=O)NCC(c2cccs2)N2CCOCC2)cc(OC)c1. The van der Waals surface area contributed by atoms with E-state index < -0.39 is 0 Å². The molecule has 1 saturated heterocycles. The van der Waals surface area contributed by atoms with Crippen LogP contribution in [0.25, 0.3) is 6.08 Å². The molecule has 1 amide bonds. The summed E-state index contributed by atoms with van der Waals surface area (Å²) >= 11 is 1.72. The maximum atomic E-state index is 12.4. The van der Waals surface area contributed by atoms with Crippen molar-refractivity contribution in [2.24, 2.45) is 0 Å². The number of nitrogens with one attached hydrogen (secondary N) is 1. The number of hydrogen-bond donors (Lipinski definition) is 1. The molecule has 1 aromatic heterocycles. The van der Waals surface area contributed by atoms with Gasteiger partial charge in [0.15, 0.2) is 0 Å². The van der Waals surface area contributed by atoms with Crippen molar-refractivity contribution in [2.45, 2.75) is 6.04 Å². The van der Waals surface area contributed by atoms with E-state index in [1.165, 1.54) is 4.88 Å². The third-order valence-electron chi connectivity index (χ3n) is 4.63. The molecule has 2 aromatic rings. The molecule has 0 bridgehead atoms. The van der Waals surface area contributed by atoms with Gasteiger partial charge in [0.1, 0.15) is 11.5 Å². The number of thiophene rings is 1. The van der Waals surface area contributed by atoms with E-state index in [0.717, 1.165) is 31.9 Å². The van der Waals surface area contributed by atoms with Gasteiger partial charge in [0.2, 0.25) is 5.91 Å². The van der Waals surface area contributed by atoms with E-state index in [2.05, 4.69) is 21.7 Å². The largest absolute Gasteiger partial charge is 0.497 e. The topological polar surface area (TPSA) is 60.0 Å². The zero-order valence-corrected chi connectivity index (χ0v) is 17.0. The molecule has 0 radical (unpaired) electrons. The highest BCUT2D eigenvalue weighted by molar-refractivity contribution is 7.10. The zero-order valence-electron chi connectivity index (χ0n) is 16.2. The van der Waals surface area contributed by atoms with Crippen molar-refractivity contribution in [1.82, 2.24) is 10.2 Å². The minimum atomic E-state index is -0.128. The van der Waals surface area contributed by atoms with Crippen molar-refractivity contribution in [1.29, 1.82) is 0 Å². The summed E-state index contributed by atoms with van der Waals surface area (Å²) in [5, 5.41) is 5.10. The Morgan fingerprint density at radius 2 is 1.96 bits per heavy atom. The predicted octanol–water partition coefficient (Wildman–Crippen LogP) is 2.97. The van der Waals surface area contributed by atoms with Gasteiger partial charge < -0.3 is 19.5 Å². The van der Waals surface area contributed by atoms with E-state index in [4.69, 9.17) is 14.2 Å². The predicted molar refractivity (Wildman–Crippen MR) is 111 cm³/mol. The highest BCUT2D eigenvalue weighted by Crippen LogP contribution is 2.26. The van der Waals surface area contributed by atoms with Crippen LogP contribution in [-0.2, 0) is 9.53 Å². The van der Waals surface area contributed by atoms with E-state index in [9.17, 15) is 4.79 Å². The molecule has 3 rings (SSSR count). The first-order valence-electron chi connectivity index (χ1n) is 9.24. The first-order chi connectivity index (χ1) is 13.7. The molecule has 0 spiro atoms. The third-order valence-corrected chi connectivity index (χ3v) is 5.60. The van der Waals surface area contributed by atoms with Crippen LogP contribution in [0.3, 0.4) is 0 Å². The van der Waals surface area contributed by atoms with Crippen LogP contribution in [0.15, 0.2) is 41.8 Å². The minimum absolute atomic E-state index is 0.128. The fourth-order valence-corrected chi connectivity index (χ4v) is 3.99. The molecule has 0 saturated carbocycles. The molecule has 0 aliphatic carbocycles. The molecule has 1 aromatic carbocycles. The van der Waals surface area contributed by atoms with Crippen LogP contribution in [0.1, 0.15) is 16.5 Å². The summed E-state index contributed by atoms with van der Waals surface area (Å²) in [7, 11) is 3.21. The molecule has 6 nitrogen and oxygen atoms in total. The van der Waals surface area contributed by atoms with Gasteiger partial charge in [0.05, 0.1) is 33.5 Å². The van der Waals surface area contributed by atoms with Crippen molar-refractivity contribution in [3.05, 3.63) is 52.2 Å². The maximum Gasteiger partial charge on any atom is 0.244 e. The molecule has 150 valence electrons. The van der Waals surface area contributed by atoms with E-state index >= 15 is 0 Å². The van der Waals surface area contributed by atoms with Crippen molar-refractivity contribution >= 4 is 23.3 Å². The highest BCUT2D eigenvalue weighted by Gasteiger charge is 2.23. The fraction of sp³-hybridized carbons (Fsp3) is 0.381. The van der Waals surface area contributed by atoms with Crippen LogP contribution in [-0.4, -0.2) is 57.9 Å². The Hall–Kier alpha value is -2.35. The lowest BCUT2D eigenvalue weighted by molar-refractivity contribution is -0.116. The van der Waals surface area contributed by atoms with E-state index in [1.54, 1.807) is 43.8 Å². The molecule has 28 heavy (non-hydrogen) atoms. The summed E-state index contributed by atoms with van der Waals surface area (Å²) in [5.74, 6) is 1.24. The average Bonchev–Trinajstić information content (AvgIpc) is 3.27. The van der Waals surface area contributed by atoms with E-state index in [-0.39, 0.29) is 11.9 Å². The monoisotopic (exact) mass is 402 g/mol. The van der Waals surface area contributed by atoms with Crippen LogP contribution < -0.4 is 14.8 Å². The Morgan fingerprint density at radius 3 is 2.57 bits per heavy atom. The second-order valence-corrected chi connectivity index (χ2v) is 7.38. The molecule has 2 heterocycles. The number of carbonyl (C=O) groups excluding carboxylic acids is 1. The molecule has 1 atom stereocenters. The van der Waals surface area contributed by atoms with Crippen LogP contribution in [0.5, 0.6) is 11.5 Å². The number of nitrogens with zero attached hydrogens (tertiary/aromatic N) is 1. The highest BCUT2D eigenvalue weighted by atomic mass is 32.1. The number of benzene rings is 1. The molecule has 1 fully saturated rings. The number of carbonyl (C=O) groups is 1. The van der Waals surface area contributed by atoms with Gasteiger partial charge in [0.25, 0.3) is 0 Å². The molecule has 1 aliphatic heterocycles. The Kier molecular flexibility index (Phi) is 7.47. The molecular weight excluding hydrogens is 376 g/mol. The van der Waals surface area contributed by atoms with Crippen molar-refractivity contribution in [2.75, 3.05) is 47.1 Å². The minimum Gasteiger partial charge on any atom is -0.497 e. The lowest BCUT2D eigenvalue weighted by atomic mass is 10.1. The van der Waals surface area contributed by atoms with Crippen LogP contribution in [0, 0.1) is 0 Å². The lowest BCUT2D eigenvalue weighted by Crippen LogP contribution is -2.43. The van der Waals surface area contributed by atoms with Gasteiger partial charge in [0, 0.05) is 36.7 Å². The normalized spacial score (nSPS) is 16.1. The van der Waals surface area contributed by atoms with Crippen LogP contribution in [0.4, 0.5) is 0 Å². The number of ether oxygens (including phenoxy) is 3. The Balaban J connectivity index is 1.62. The van der Waals surface area contributed by atoms with Gasteiger partial charge in [-0.3, -0.25) is 9.69 Å². The maximum absolute atomic E-state index is 12.4. The summed E-state index contributed by atoms with van der Waals surface area (Å²) in [5.41, 5.74) is 0.842. The third kappa shape index (κ3) is 5.58. The first kappa shape index (κ1) is 20.4. The molecular formula is C21H26N2O4S. The van der Waals surface area contributed by atoms with Crippen molar-refractivity contribution in [3.8, 4) is 11.5 Å². The van der Waals surface area contributed by atoms with E-state index in [0.29, 0.717) is 18.0 Å². The number of morpholine rings is 1. The zero-order chi connectivity index (χ0) is 19.8. The average molecular weight is 403 g/mol. The van der Waals surface area contributed by atoms with Crippen molar-refractivity contribution < 1.29 is 19.0 Å². The number of hydrogen-bond acceptors (Lipinski definition) is 6. The summed E-state index contributed by atoms with van der Waals surface area (Å²) in [4.78, 5) is 16.0. The van der Waals surface area contributed by atoms with Gasteiger partial charge in [-0.2, -0.15) is 0 Å². The smallest absolute Gasteiger partial charge is 0.244 e. The molecule has 7 heteroatoms. The molecule has 1 N–H and O–H groups in total. The van der Waals surface area contributed by atoms with Gasteiger partial charge in [-0.25, -0.2) is 0 Å². The quantitative estimate of drug-likeness (QED) is 0.688. The van der Waals surface area contributed by atoms with E-state index in [1.807, 2.05) is 18.2 Å². The lowest BCUT2D eigenvalue weighted by Gasteiger charge is -2.34. The second kappa shape index (κ2) is 10.3. The summed E-state index contributed by atoms with van der Waals surface area (Å²) in [6.45, 7) is 3.77. The number of methoxy groups -OCH3 is 2. The first-order valence-corrected chi connectivity index (χ1v) is 10.1. The molecule has 1 aliphatic rings. The Morgan fingerprint density at radius 1 is 1.25 bits per heavy atom. The summed E-state index contributed by atoms with van der Waals surface area (Å²) in [6.07, 6.45) is 3.30. The number of rotatable bonds is 8. The van der Waals surface area contributed by atoms with Crippen LogP contribution in [0.2, 0.25) is 0 Å². The van der Waals surface area contributed by atoms with Crippen LogP contribution >= 0.6 is 11.3 Å². The van der Waals surface area contributed by atoms with Crippen molar-refractivity contribution in [3.63, 3.8) is 0 Å². The Bertz CT molecular complexity index is 763. The summed E-state index contributed by atoms with van der Waals surface area (Å²) in [6, 6.07) is 9.84. The van der Waals surface area contributed by atoms with Gasteiger partial charge in [-0.1, -0.05) is 6.07 Å². The van der Waals surface area contributed by atoms with Gasteiger partial charge in [-0.05, 0) is 35.2 Å². The fourth-order valence-electron chi connectivity index (χ4n) is 3.13.